The van der Waals surface area contributed by atoms with Crippen LogP contribution in [0.4, 0.5) is 13.2 Å². The van der Waals surface area contributed by atoms with Crippen molar-refractivity contribution in [2.75, 3.05) is 6.61 Å². The SMILES string of the molecule is Cc1ccc(S(=O)(=O)OCC(F)(F)F)cc1C. The van der Waals surface area contributed by atoms with Crippen LogP contribution < -0.4 is 0 Å². The minimum Gasteiger partial charge on any atom is -0.257 e. The van der Waals surface area contributed by atoms with Crippen molar-refractivity contribution < 1.29 is 25.8 Å². The molecule has 0 saturated carbocycles. The summed E-state index contributed by atoms with van der Waals surface area (Å²) in [5.74, 6) is 0. The van der Waals surface area contributed by atoms with Crippen molar-refractivity contribution in [3.8, 4) is 0 Å². The minimum absolute atomic E-state index is 0.273. The van der Waals surface area contributed by atoms with Crippen LogP contribution in [-0.2, 0) is 14.3 Å². The zero-order valence-electron chi connectivity index (χ0n) is 9.21. The Bertz CT molecular complexity index is 506. The van der Waals surface area contributed by atoms with E-state index in [1.54, 1.807) is 13.8 Å². The molecule has 0 aliphatic heterocycles. The van der Waals surface area contributed by atoms with Gasteiger partial charge in [-0.2, -0.15) is 21.6 Å². The average Bonchev–Trinajstić information content (AvgIpc) is 2.18. The third kappa shape index (κ3) is 4.01. The lowest BCUT2D eigenvalue weighted by atomic mass is 10.1. The molecule has 0 unspecified atom stereocenters. The van der Waals surface area contributed by atoms with Crippen LogP contribution in [0.5, 0.6) is 0 Å². The Kier molecular flexibility index (Phi) is 3.83. The van der Waals surface area contributed by atoms with Gasteiger partial charge in [0, 0.05) is 0 Å². The van der Waals surface area contributed by atoms with E-state index >= 15 is 0 Å². The fraction of sp³-hybridized carbons (Fsp3) is 0.400. The van der Waals surface area contributed by atoms with E-state index in [4.69, 9.17) is 0 Å². The molecule has 0 amide bonds. The number of hydrogen-bond donors (Lipinski definition) is 0. The largest absolute Gasteiger partial charge is 0.413 e. The van der Waals surface area contributed by atoms with Gasteiger partial charge in [-0.25, -0.2) is 0 Å². The molecule has 96 valence electrons. The van der Waals surface area contributed by atoms with Crippen LogP contribution in [0.25, 0.3) is 0 Å². The molecule has 0 aliphatic rings. The Morgan fingerprint density at radius 3 is 2.24 bits per heavy atom. The summed E-state index contributed by atoms with van der Waals surface area (Å²) in [4.78, 5) is -0.273. The smallest absolute Gasteiger partial charge is 0.257 e. The second-order valence-corrected chi connectivity index (χ2v) is 5.19. The van der Waals surface area contributed by atoms with Crippen LogP contribution in [0, 0.1) is 13.8 Å². The lowest BCUT2D eigenvalue weighted by Crippen LogP contribution is -2.20. The highest BCUT2D eigenvalue weighted by molar-refractivity contribution is 7.86. The van der Waals surface area contributed by atoms with Crippen molar-refractivity contribution in [1.82, 2.24) is 0 Å². The van der Waals surface area contributed by atoms with Gasteiger partial charge in [0.15, 0.2) is 6.61 Å². The molecule has 0 N–H and O–H groups in total. The number of hydrogen-bond acceptors (Lipinski definition) is 3. The van der Waals surface area contributed by atoms with Crippen molar-refractivity contribution >= 4 is 10.1 Å². The number of aryl methyl sites for hydroxylation is 2. The van der Waals surface area contributed by atoms with E-state index in [0.717, 1.165) is 5.56 Å². The van der Waals surface area contributed by atoms with Gasteiger partial charge in [-0.05, 0) is 37.1 Å². The van der Waals surface area contributed by atoms with E-state index in [9.17, 15) is 21.6 Å². The zero-order valence-corrected chi connectivity index (χ0v) is 10.0. The van der Waals surface area contributed by atoms with Crippen LogP contribution in [0.1, 0.15) is 11.1 Å². The van der Waals surface area contributed by atoms with Crippen LogP contribution in [0.3, 0.4) is 0 Å². The van der Waals surface area contributed by atoms with Crippen molar-refractivity contribution in [2.45, 2.75) is 24.9 Å². The molecule has 0 aliphatic carbocycles. The van der Waals surface area contributed by atoms with Gasteiger partial charge in [-0.15, -0.1) is 0 Å². The third-order valence-electron chi connectivity index (χ3n) is 2.14. The predicted octanol–water partition coefficient (Wildman–Crippen LogP) is 2.57. The molecule has 7 heteroatoms. The molecule has 1 aromatic rings. The highest BCUT2D eigenvalue weighted by atomic mass is 32.2. The van der Waals surface area contributed by atoms with Gasteiger partial charge in [0.1, 0.15) is 0 Å². The van der Waals surface area contributed by atoms with Crippen LogP contribution in [0.15, 0.2) is 23.1 Å². The summed E-state index contributed by atoms with van der Waals surface area (Å²) >= 11 is 0. The molecule has 0 saturated heterocycles. The van der Waals surface area contributed by atoms with Gasteiger partial charge in [-0.3, -0.25) is 4.18 Å². The number of benzene rings is 1. The van der Waals surface area contributed by atoms with Gasteiger partial charge >= 0.3 is 6.18 Å². The molecule has 0 fully saturated rings. The molecular weight excluding hydrogens is 257 g/mol. The first-order valence-corrected chi connectivity index (χ1v) is 6.06. The molecule has 0 atom stereocenters. The van der Waals surface area contributed by atoms with E-state index < -0.39 is 22.9 Å². The Morgan fingerprint density at radius 2 is 1.76 bits per heavy atom. The van der Waals surface area contributed by atoms with Crippen LogP contribution in [0.2, 0.25) is 0 Å². The van der Waals surface area contributed by atoms with Gasteiger partial charge in [0.2, 0.25) is 0 Å². The standard InChI is InChI=1S/C10H11F3O3S/c1-7-3-4-9(5-8(7)2)17(14,15)16-6-10(11,12)13/h3-5H,6H2,1-2H3. The van der Waals surface area contributed by atoms with Gasteiger partial charge in [0.25, 0.3) is 10.1 Å². The van der Waals surface area contributed by atoms with Gasteiger partial charge in [-0.1, -0.05) is 6.07 Å². The first-order chi connectivity index (χ1) is 7.62. The monoisotopic (exact) mass is 268 g/mol. The molecule has 0 spiro atoms. The Hall–Kier alpha value is -1.08. The number of rotatable bonds is 3. The first-order valence-electron chi connectivity index (χ1n) is 4.65. The van der Waals surface area contributed by atoms with E-state index in [-0.39, 0.29) is 4.90 Å². The summed E-state index contributed by atoms with van der Waals surface area (Å²) in [5.41, 5.74) is 1.52. The fourth-order valence-corrected chi connectivity index (χ4v) is 2.06. The van der Waals surface area contributed by atoms with E-state index in [0.29, 0.717) is 5.56 Å². The molecule has 0 heterocycles. The molecule has 0 bridgehead atoms. The first kappa shape index (κ1) is 14.0. The predicted molar refractivity (Wildman–Crippen MR) is 55.1 cm³/mol. The molecule has 3 nitrogen and oxygen atoms in total. The van der Waals surface area contributed by atoms with Gasteiger partial charge < -0.3 is 0 Å². The van der Waals surface area contributed by atoms with E-state index in [1.807, 2.05) is 0 Å². The zero-order chi connectivity index (χ0) is 13.3. The highest BCUT2D eigenvalue weighted by Gasteiger charge is 2.31. The quantitative estimate of drug-likeness (QED) is 0.791. The minimum atomic E-state index is -4.67. The lowest BCUT2D eigenvalue weighted by Gasteiger charge is -2.09. The Balaban J connectivity index is 2.94. The second kappa shape index (κ2) is 4.66. The maximum absolute atomic E-state index is 11.9. The van der Waals surface area contributed by atoms with Crippen molar-refractivity contribution in [3.05, 3.63) is 29.3 Å². The molecule has 0 aromatic heterocycles. The molecule has 17 heavy (non-hydrogen) atoms. The van der Waals surface area contributed by atoms with Crippen molar-refractivity contribution in [1.29, 1.82) is 0 Å². The normalized spacial score (nSPS) is 12.8. The van der Waals surface area contributed by atoms with E-state index in [2.05, 4.69) is 4.18 Å². The van der Waals surface area contributed by atoms with E-state index in [1.165, 1.54) is 18.2 Å². The maximum atomic E-state index is 11.9. The molecule has 1 aromatic carbocycles. The van der Waals surface area contributed by atoms with Crippen molar-refractivity contribution in [2.24, 2.45) is 0 Å². The Labute approximate surface area is 97.3 Å². The maximum Gasteiger partial charge on any atom is 0.413 e. The summed E-state index contributed by atoms with van der Waals surface area (Å²) in [7, 11) is -4.35. The highest BCUT2D eigenvalue weighted by Crippen LogP contribution is 2.21. The molecule has 1 rings (SSSR count). The average molecular weight is 268 g/mol. The number of alkyl halides is 3. The van der Waals surface area contributed by atoms with Crippen molar-refractivity contribution in [3.63, 3.8) is 0 Å². The summed E-state index contributed by atoms with van der Waals surface area (Å²) in [6, 6.07) is 4.01. The summed E-state index contributed by atoms with van der Waals surface area (Å²) in [5, 5.41) is 0. The third-order valence-corrected chi connectivity index (χ3v) is 3.40. The summed E-state index contributed by atoms with van der Waals surface area (Å²) < 4.78 is 62.3. The summed E-state index contributed by atoms with van der Waals surface area (Å²) in [6.45, 7) is 1.61. The fourth-order valence-electron chi connectivity index (χ4n) is 1.08. The topological polar surface area (TPSA) is 43.4 Å². The molecular formula is C10H11F3O3S. The van der Waals surface area contributed by atoms with Gasteiger partial charge in [0.05, 0.1) is 4.90 Å². The molecule has 0 radical (unpaired) electrons. The lowest BCUT2D eigenvalue weighted by molar-refractivity contribution is -0.152. The number of halogens is 3. The van der Waals surface area contributed by atoms with Crippen LogP contribution >= 0.6 is 0 Å². The van der Waals surface area contributed by atoms with Crippen LogP contribution in [-0.4, -0.2) is 21.2 Å². The Morgan fingerprint density at radius 1 is 1.18 bits per heavy atom. The second-order valence-electron chi connectivity index (χ2n) is 3.58. The summed E-state index contributed by atoms with van der Waals surface area (Å²) in [6.07, 6.45) is -4.67.